The predicted molar refractivity (Wildman–Crippen MR) is 138 cm³/mol. The Morgan fingerprint density at radius 3 is 2.54 bits per heavy atom. The van der Waals surface area contributed by atoms with Gasteiger partial charge >= 0.3 is 0 Å². The minimum absolute atomic E-state index is 0.0227. The Morgan fingerprint density at radius 1 is 1.32 bits per heavy atom. The van der Waals surface area contributed by atoms with Crippen LogP contribution in [0.15, 0.2) is 24.5 Å². The van der Waals surface area contributed by atoms with Crippen molar-refractivity contribution in [2.75, 3.05) is 40.4 Å². The summed E-state index contributed by atoms with van der Waals surface area (Å²) in [5, 5.41) is 21.6. The summed E-state index contributed by atoms with van der Waals surface area (Å²) in [7, 11) is 3.77. The Bertz CT molecular complexity index is 1090. The molecule has 2 fully saturated rings. The first-order chi connectivity index (χ1) is 17.6. The zero-order chi connectivity index (χ0) is 26.8. The van der Waals surface area contributed by atoms with E-state index >= 15 is 4.39 Å². The van der Waals surface area contributed by atoms with E-state index in [1.165, 1.54) is 18.5 Å². The van der Waals surface area contributed by atoms with Crippen LogP contribution in [-0.2, 0) is 16.9 Å². The van der Waals surface area contributed by atoms with Gasteiger partial charge in [0.2, 0.25) is 0 Å². The minimum Gasteiger partial charge on any atom is -0.396 e. The number of hydrogen-bond donors (Lipinski definition) is 2. The Balaban J connectivity index is 1.66. The molecule has 202 valence electrons. The van der Waals surface area contributed by atoms with E-state index in [4.69, 9.17) is 16.3 Å². The van der Waals surface area contributed by atoms with E-state index in [0.29, 0.717) is 22.7 Å². The van der Waals surface area contributed by atoms with Crippen LogP contribution in [0.25, 0.3) is 0 Å². The number of hydrogen-bond acceptors (Lipinski definition) is 8. The van der Waals surface area contributed by atoms with Gasteiger partial charge in [-0.2, -0.15) is 0 Å². The lowest BCUT2D eigenvalue weighted by Gasteiger charge is -2.39. The summed E-state index contributed by atoms with van der Waals surface area (Å²) in [5.41, 5.74) is -1.05. The fourth-order valence-electron chi connectivity index (χ4n) is 5.03. The smallest absolute Gasteiger partial charge is 0.150 e. The van der Waals surface area contributed by atoms with Crippen molar-refractivity contribution in [2.45, 2.75) is 51.0 Å². The number of likely N-dealkylation sites (tertiary alicyclic amines) is 1. The lowest BCUT2D eigenvalue weighted by Crippen LogP contribution is -2.40. The van der Waals surface area contributed by atoms with Gasteiger partial charge in [0.05, 0.1) is 30.4 Å². The maximum atomic E-state index is 15.9. The van der Waals surface area contributed by atoms with Gasteiger partial charge in [-0.15, -0.1) is 0 Å². The Morgan fingerprint density at radius 2 is 1.97 bits per heavy atom. The number of aromatic nitrogens is 2. The van der Waals surface area contributed by atoms with Gasteiger partial charge in [0.25, 0.3) is 0 Å². The Kier molecular flexibility index (Phi) is 8.62. The number of aldehydes is 1. The molecular weight excluding hydrogens is 499 g/mol. The highest BCUT2D eigenvalue weighted by Crippen LogP contribution is 2.46. The molecule has 8 nitrogen and oxygen atoms in total. The van der Waals surface area contributed by atoms with Crippen LogP contribution in [-0.4, -0.2) is 76.7 Å². The number of ether oxygens (including phenoxy) is 1. The molecule has 1 saturated carbocycles. The third kappa shape index (κ3) is 6.35. The van der Waals surface area contributed by atoms with Crippen molar-refractivity contribution in [3.63, 3.8) is 0 Å². The van der Waals surface area contributed by atoms with Crippen LogP contribution in [0.4, 0.5) is 4.39 Å². The number of halogens is 2. The van der Waals surface area contributed by atoms with Crippen molar-refractivity contribution in [3.05, 3.63) is 57.9 Å². The molecular formula is C27H36ClFN4O4. The van der Waals surface area contributed by atoms with E-state index in [1.807, 2.05) is 7.05 Å². The first-order valence-electron chi connectivity index (χ1n) is 12.7. The first-order valence-corrected chi connectivity index (χ1v) is 13.1. The molecule has 2 atom stereocenters. The summed E-state index contributed by atoms with van der Waals surface area (Å²) in [6.07, 6.45) is 5.83. The number of piperidine rings is 1. The monoisotopic (exact) mass is 534 g/mol. The summed E-state index contributed by atoms with van der Waals surface area (Å²) in [6.45, 7) is 3.80. The SMILES string of the molecule is CN1CCC(C(C)(O)c2cc(F)c([C@@H](OCC3(CO)CC3)N(C)Cc3ncc(Cl)cn3)c(C=O)c2)CC1. The summed E-state index contributed by atoms with van der Waals surface area (Å²) < 4.78 is 22.1. The van der Waals surface area contributed by atoms with Gasteiger partial charge in [-0.3, -0.25) is 9.69 Å². The maximum absolute atomic E-state index is 15.9. The van der Waals surface area contributed by atoms with E-state index in [1.54, 1.807) is 24.9 Å². The van der Waals surface area contributed by atoms with Gasteiger partial charge in [0, 0.05) is 28.9 Å². The molecule has 1 unspecified atom stereocenters. The predicted octanol–water partition coefficient (Wildman–Crippen LogP) is 3.55. The summed E-state index contributed by atoms with van der Waals surface area (Å²) in [4.78, 5) is 24.6. The molecule has 2 aromatic rings. The van der Waals surface area contributed by atoms with Crippen LogP contribution in [0.5, 0.6) is 0 Å². The lowest BCUT2D eigenvalue weighted by atomic mass is 9.76. The van der Waals surface area contributed by atoms with Crippen LogP contribution in [0.2, 0.25) is 5.02 Å². The van der Waals surface area contributed by atoms with Crippen LogP contribution in [0.1, 0.15) is 66.1 Å². The molecule has 0 amide bonds. The van der Waals surface area contributed by atoms with E-state index < -0.39 is 17.6 Å². The van der Waals surface area contributed by atoms with Crippen molar-refractivity contribution in [1.82, 2.24) is 19.8 Å². The number of nitrogens with zero attached hydrogens (tertiary/aromatic N) is 4. The van der Waals surface area contributed by atoms with Crippen molar-refractivity contribution in [1.29, 1.82) is 0 Å². The van der Waals surface area contributed by atoms with Gasteiger partial charge < -0.3 is 19.8 Å². The molecule has 10 heteroatoms. The molecule has 37 heavy (non-hydrogen) atoms. The standard InChI is InChI=1S/C27H36ClFN4O4/c1-26(36,19-4-8-32(2)9-5-19)20-10-18(15-34)24(22(29)11-20)25(37-17-27(16-35)6-7-27)33(3)14-23-30-12-21(28)13-31-23/h10-13,15,19,25,35-36H,4-9,14,16-17H2,1-3H3/t25-,26?/m1/s1. The molecule has 1 aromatic carbocycles. The van der Waals surface area contributed by atoms with Crippen molar-refractivity contribution in [3.8, 4) is 0 Å². The number of carbonyl (C=O) groups excluding carboxylic acids is 1. The highest BCUT2D eigenvalue weighted by Gasteiger charge is 2.44. The van der Waals surface area contributed by atoms with Crippen molar-refractivity contribution in [2.24, 2.45) is 11.3 Å². The van der Waals surface area contributed by atoms with Crippen molar-refractivity contribution < 1.29 is 24.1 Å². The number of aliphatic hydroxyl groups is 2. The molecule has 0 bridgehead atoms. The average Bonchev–Trinajstić information content (AvgIpc) is 3.66. The fraction of sp³-hybridized carbons (Fsp3) is 0.593. The average molecular weight is 535 g/mol. The first kappa shape index (κ1) is 28.0. The quantitative estimate of drug-likeness (QED) is 0.333. The lowest BCUT2D eigenvalue weighted by molar-refractivity contribution is -0.0804. The molecule has 2 N–H and O–H groups in total. The van der Waals surface area contributed by atoms with E-state index in [0.717, 1.165) is 38.8 Å². The Labute approximate surface area is 222 Å². The zero-order valence-electron chi connectivity index (χ0n) is 21.7. The van der Waals surface area contributed by atoms with Gasteiger partial charge in [0.15, 0.2) is 6.29 Å². The van der Waals surface area contributed by atoms with Crippen molar-refractivity contribution >= 4 is 17.9 Å². The van der Waals surface area contributed by atoms with Crippen LogP contribution in [0.3, 0.4) is 0 Å². The van der Waals surface area contributed by atoms with Crippen LogP contribution >= 0.6 is 11.6 Å². The third-order valence-corrected chi connectivity index (χ3v) is 8.13. The normalized spacial score (nSPS) is 20.5. The van der Waals surface area contributed by atoms with Gasteiger partial charge in [-0.1, -0.05) is 11.6 Å². The number of aliphatic hydroxyl groups excluding tert-OH is 1. The summed E-state index contributed by atoms with van der Waals surface area (Å²) >= 11 is 5.91. The van der Waals surface area contributed by atoms with Crippen LogP contribution in [0, 0.1) is 17.2 Å². The number of carbonyl (C=O) groups is 1. The van der Waals surface area contributed by atoms with Crippen LogP contribution < -0.4 is 0 Å². The highest BCUT2D eigenvalue weighted by atomic mass is 35.5. The number of rotatable bonds is 11. The minimum atomic E-state index is -1.28. The summed E-state index contributed by atoms with van der Waals surface area (Å²) in [6, 6.07) is 2.90. The molecule has 0 radical (unpaired) electrons. The fourth-order valence-corrected chi connectivity index (χ4v) is 5.13. The topological polar surface area (TPSA) is 99.0 Å². The molecule has 2 aliphatic rings. The van der Waals surface area contributed by atoms with Gasteiger partial charge in [-0.25, -0.2) is 14.4 Å². The molecule has 1 saturated heterocycles. The van der Waals surface area contributed by atoms with Gasteiger partial charge in [-0.05, 0) is 83.4 Å². The maximum Gasteiger partial charge on any atom is 0.150 e. The molecule has 1 aliphatic carbocycles. The van der Waals surface area contributed by atoms with E-state index in [2.05, 4.69) is 14.9 Å². The molecule has 2 heterocycles. The molecule has 1 aromatic heterocycles. The summed E-state index contributed by atoms with van der Waals surface area (Å²) in [5.74, 6) is -0.223. The second-order valence-electron chi connectivity index (χ2n) is 10.9. The van der Waals surface area contributed by atoms with E-state index in [9.17, 15) is 15.0 Å². The molecule has 1 aliphatic heterocycles. The van der Waals surface area contributed by atoms with Gasteiger partial charge in [0.1, 0.15) is 17.9 Å². The zero-order valence-corrected chi connectivity index (χ0v) is 22.4. The third-order valence-electron chi connectivity index (χ3n) is 7.94. The number of benzene rings is 1. The highest BCUT2D eigenvalue weighted by molar-refractivity contribution is 6.30. The molecule has 4 rings (SSSR count). The second kappa shape index (κ2) is 11.4. The van der Waals surface area contributed by atoms with E-state index in [-0.39, 0.29) is 42.2 Å². The largest absolute Gasteiger partial charge is 0.396 e. The second-order valence-corrected chi connectivity index (χ2v) is 11.3. The Hall–Kier alpha value is -2.01. The molecule has 0 spiro atoms.